The summed E-state index contributed by atoms with van der Waals surface area (Å²) in [5, 5.41) is 3.61. The normalized spacial score (nSPS) is 24.3. The second kappa shape index (κ2) is 6.77. The highest BCUT2D eigenvalue weighted by molar-refractivity contribution is 5.91. The van der Waals surface area contributed by atoms with Crippen molar-refractivity contribution in [2.75, 3.05) is 50.9 Å². The fourth-order valence-corrected chi connectivity index (χ4v) is 3.21. The van der Waals surface area contributed by atoms with Crippen molar-refractivity contribution in [1.82, 2.24) is 20.0 Å². The van der Waals surface area contributed by atoms with Crippen LogP contribution in [0, 0.1) is 0 Å². The molecule has 2 saturated heterocycles. The Balaban J connectivity index is 1.53. The first-order valence-electron chi connectivity index (χ1n) is 8.19. The Kier molecular flexibility index (Phi) is 4.33. The number of carbonyl (C=O) groups is 1. The molecule has 1 amide bonds. The van der Waals surface area contributed by atoms with Gasteiger partial charge in [-0.1, -0.05) is 5.16 Å². The maximum absolute atomic E-state index is 12.6. The lowest BCUT2D eigenvalue weighted by Crippen LogP contribution is -2.60. The van der Waals surface area contributed by atoms with E-state index in [0.29, 0.717) is 51.9 Å². The van der Waals surface area contributed by atoms with Crippen molar-refractivity contribution in [1.29, 1.82) is 0 Å². The van der Waals surface area contributed by atoms with Gasteiger partial charge in [0.2, 0.25) is 11.7 Å². The van der Waals surface area contributed by atoms with Gasteiger partial charge in [0.1, 0.15) is 5.60 Å². The number of anilines is 1. The highest BCUT2D eigenvalue weighted by Crippen LogP contribution is 2.25. The minimum atomic E-state index is -0.621. The predicted octanol–water partition coefficient (Wildman–Crippen LogP) is 0.213. The molecule has 0 unspecified atom stereocenters. The summed E-state index contributed by atoms with van der Waals surface area (Å²) >= 11 is 0. The highest BCUT2D eigenvalue weighted by atomic mass is 16.5. The second-order valence-electron chi connectivity index (χ2n) is 6.16. The molecule has 1 spiro atoms. The number of aromatic nitrogens is 3. The SMILES string of the molecule is O=C(c1ccno1)N1CCO[C@@]2(COCCN(c3ncccn3)C2)C1. The van der Waals surface area contributed by atoms with E-state index in [9.17, 15) is 4.79 Å². The van der Waals surface area contributed by atoms with E-state index >= 15 is 0 Å². The zero-order valence-electron chi connectivity index (χ0n) is 13.7. The fourth-order valence-electron chi connectivity index (χ4n) is 3.21. The second-order valence-corrected chi connectivity index (χ2v) is 6.16. The molecule has 9 nitrogen and oxygen atoms in total. The third-order valence-corrected chi connectivity index (χ3v) is 4.37. The Morgan fingerprint density at radius 2 is 2.00 bits per heavy atom. The van der Waals surface area contributed by atoms with Gasteiger partial charge in [0, 0.05) is 31.5 Å². The first-order valence-corrected chi connectivity index (χ1v) is 8.19. The average molecular weight is 345 g/mol. The van der Waals surface area contributed by atoms with Crippen LogP contribution in [0.4, 0.5) is 5.95 Å². The molecule has 4 rings (SSSR count). The van der Waals surface area contributed by atoms with Crippen molar-refractivity contribution >= 4 is 11.9 Å². The lowest BCUT2D eigenvalue weighted by molar-refractivity contribution is -0.124. The third-order valence-electron chi connectivity index (χ3n) is 4.37. The lowest BCUT2D eigenvalue weighted by atomic mass is 10.0. The first-order chi connectivity index (χ1) is 12.3. The molecule has 132 valence electrons. The van der Waals surface area contributed by atoms with Gasteiger partial charge in [-0.25, -0.2) is 9.97 Å². The van der Waals surface area contributed by atoms with E-state index in [2.05, 4.69) is 15.1 Å². The van der Waals surface area contributed by atoms with Crippen molar-refractivity contribution in [2.24, 2.45) is 0 Å². The quantitative estimate of drug-likeness (QED) is 0.763. The van der Waals surface area contributed by atoms with Gasteiger partial charge >= 0.3 is 0 Å². The largest absolute Gasteiger partial charge is 0.376 e. The lowest BCUT2D eigenvalue weighted by Gasteiger charge is -2.42. The average Bonchev–Trinajstić information content (AvgIpc) is 3.12. The predicted molar refractivity (Wildman–Crippen MR) is 86.2 cm³/mol. The van der Waals surface area contributed by atoms with Crippen molar-refractivity contribution in [3.8, 4) is 0 Å². The van der Waals surface area contributed by atoms with Crippen LogP contribution in [-0.4, -0.2) is 77.5 Å². The Morgan fingerprint density at radius 1 is 1.12 bits per heavy atom. The molecule has 2 aromatic rings. The minimum absolute atomic E-state index is 0.188. The number of hydrogen-bond acceptors (Lipinski definition) is 8. The third kappa shape index (κ3) is 3.33. The number of morpholine rings is 1. The Morgan fingerprint density at radius 3 is 2.80 bits per heavy atom. The van der Waals surface area contributed by atoms with E-state index in [1.54, 1.807) is 29.4 Å². The molecule has 0 aromatic carbocycles. The monoisotopic (exact) mass is 345 g/mol. The molecule has 4 heterocycles. The number of amides is 1. The highest BCUT2D eigenvalue weighted by Gasteiger charge is 2.42. The summed E-state index contributed by atoms with van der Waals surface area (Å²) < 4.78 is 16.8. The van der Waals surface area contributed by atoms with E-state index in [1.165, 1.54) is 6.20 Å². The van der Waals surface area contributed by atoms with E-state index in [0.717, 1.165) is 0 Å². The molecular formula is C16H19N5O4. The van der Waals surface area contributed by atoms with Crippen LogP contribution in [0.2, 0.25) is 0 Å². The topological polar surface area (TPSA) is 93.8 Å². The number of hydrogen-bond donors (Lipinski definition) is 0. The van der Waals surface area contributed by atoms with Crippen molar-refractivity contribution in [2.45, 2.75) is 5.60 Å². The Hall–Kier alpha value is -2.52. The minimum Gasteiger partial charge on any atom is -0.376 e. The Bertz CT molecular complexity index is 711. The van der Waals surface area contributed by atoms with Crippen LogP contribution in [0.3, 0.4) is 0 Å². The summed E-state index contributed by atoms with van der Waals surface area (Å²) in [5.74, 6) is 0.677. The van der Waals surface area contributed by atoms with Crippen LogP contribution >= 0.6 is 0 Å². The number of nitrogens with zero attached hydrogens (tertiary/aromatic N) is 5. The molecule has 0 aliphatic carbocycles. The molecule has 1 atom stereocenters. The summed E-state index contributed by atoms with van der Waals surface area (Å²) in [6, 6.07) is 3.35. The summed E-state index contributed by atoms with van der Waals surface area (Å²) in [5.41, 5.74) is -0.621. The van der Waals surface area contributed by atoms with Gasteiger partial charge in [0.05, 0.1) is 39.1 Å². The maximum atomic E-state index is 12.6. The van der Waals surface area contributed by atoms with Crippen molar-refractivity contribution in [3.63, 3.8) is 0 Å². The molecule has 25 heavy (non-hydrogen) atoms. The standard InChI is InChI=1S/C16H19N5O4/c22-14(13-2-5-19-25-13)20-7-9-24-16(10-20)11-21(6-8-23-12-16)15-17-3-1-4-18-15/h1-5H,6-12H2/t16-/m0/s1. The fraction of sp³-hybridized carbons (Fsp3) is 0.500. The van der Waals surface area contributed by atoms with Gasteiger partial charge in [0.25, 0.3) is 5.91 Å². The van der Waals surface area contributed by atoms with Crippen LogP contribution < -0.4 is 4.90 Å². The summed E-state index contributed by atoms with van der Waals surface area (Å²) in [4.78, 5) is 25.0. The van der Waals surface area contributed by atoms with E-state index in [1.807, 2.05) is 4.90 Å². The van der Waals surface area contributed by atoms with Gasteiger partial charge in [-0.3, -0.25) is 4.79 Å². The molecule has 0 bridgehead atoms. The maximum Gasteiger partial charge on any atom is 0.292 e. The summed E-state index contributed by atoms with van der Waals surface area (Å²) in [6.07, 6.45) is 4.89. The van der Waals surface area contributed by atoms with Crippen LogP contribution in [-0.2, 0) is 9.47 Å². The molecule has 2 aliphatic rings. The van der Waals surface area contributed by atoms with E-state index in [-0.39, 0.29) is 11.7 Å². The smallest absolute Gasteiger partial charge is 0.292 e. The Labute approximate surface area is 144 Å². The molecule has 0 N–H and O–H groups in total. The van der Waals surface area contributed by atoms with E-state index in [4.69, 9.17) is 14.0 Å². The van der Waals surface area contributed by atoms with Crippen LogP contribution in [0.1, 0.15) is 10.6 Å². The van der Waals surface area contributed by atoms with Crippen LogP contribution in [0.5, 0.6) is 0 Å². The summed E-state index contributed by atoms with van der Waals surface area (Å²) in [6.45, 7) is 3.55. The van der Waals surface area contributed by atoms with Gasteiger partial charge < -0.3 is 23.8 Å². The molecule has 2 fully saturated rings. The number of rotatable bonds is 2. The van der Waals surface area contributed by atoms with E-state index < -0.39 is 5.60 Å². The van der Waals surface area contributed by atoms with Gasteiger partial charge in [-0.15, -0.1) is 0 Å². The molecular weight excluding hydrogens is 326 g/mol. The summed E-state index contributed by atoms with van der Waals surface area (Å²) in [7, 11) is 0. The van der Waals surface area contributed by atoms with Gasteiger partial charge in [-0.05, 0) is 6.07 Å². The zero-order valence-corrected chi connectivity index (χ0v) is 13.7. The number of ether oxygens (including phenoxy) is 2. The first kappa shape index (κ1) is 16.0. The van der Waals surface area contributed by atoms with Crippen molar-refractivity contribution in [3.05, 3.63) is 36.5 Å². The molecule has 2 aliphatic heterocycles. The molecule has 0 radical (unpaired) electrons. The van der Waals surface area contributed by atoms with Crippen molar-refractivity contribution < 1.29 is 18.8 Å². The van der Waals surface area contributed by atoms with Crippen LogP contribution in [0.15, 0.2) is 35.2 Å². The van der Waals surface area contributed by atoms with Crippen LogP contribution in [0.25, 0.3) is 0 Å². The molecule has 2 aromatic heterocycles. The van der Waals surface area contributed by atoms with Gasteiger partial charge in [-0.2, -0.15) is 0 Å². The molecule has 9 heteroatoms. The number of carbonyl (C=O) groups excluding carboxylic acids is 1. The zero-order chi connectivity index (χ0) is 17.1. The molecule has 0 saturated carbocycles. The van der Waals surface area contributed by atoms with Gasteiger partial charge in [0.15, 0.2) is 0 Å².